The Morgan fingerprint density at radius 3 is 2.74 bits per heavy atom. The maximum absolute atomic E-state index is 15.5. The van der Waals surface area contributed by atoms with Crippen LogP contribution in [0.25, 0.3) is 0 Å². The van der Waals surface area contributed by atoms with E-state index in [0.29, 0.717) is 45.1 Å². The molecule has 0 unspecified atom stereocenters. The first-order valence-corrected chi connectivity index (χ1v) is 12.4. The Hall–Kier alpha value is -2.62. The van der Waals surface area contributed by atoms with Gasteiger partial charge in [-0.3, -0.25) is 9.48 Å². The van der Waals surface area contributed by atoms with Gasteiger partial charge < -0.3 is 15.0 Å². The van der Waals surface area contributed by atoms with Crippen molar-refractivity contribution in [2.75, 3.05) is 26.2 Å². The minimum absolute atomic E-state index is 0.0169. The standard InChI is InChI=1S/C25H34F3N5O2/c1-32-16-18(15-29-32)14-23(34)30-20-4-8-25(28,9-5-20)10-13-33-11-6-19-2-3-24(35-17-22(26)27)31-21(19)7-12-33/h2-3,15-16,20,22H,4-14,17H2,1H3,(H,30,34). The maximum Gasteiger partial charge on any atom is 0.272 e. The van der Waals surface area contributed by atoms with Crippen molar-refractivity contribution in [3.05, 3.63) is 41.3 Å². The lowest BCUT2D eigenvalue weighted by Crippen LogP contribution is -2.43. The first-order valence-electron chi connectivity index (χ1n) is 12.4. The Bertz CT molecular complexity index is 991. The quantitative estimate of drug-likeness (QED) is 0.581. The van der Waals surface area contributed by atoms with Crippen LogP contribution in [-0.2, 0) is 31.1 Å². The molecule has 1 aliphatic heterocycles. The van der Waals surface area contributed by atoms with Gasteiger partial charge in [-0.1, -0.05) is 6.07 Å². The minimum atomic E-state index is -2.53. The second-order valence-corrected chi connectivity index (χ2v) is 9.74. The monoisotopic (exact) mass is 493 g/mol. The number of nitrogens with zero attached hydrogens (tertiary/aromatic N) is 4. The Morgan fingerprint density at radius 2 is 2.03 bits per heavy atom. The molecule has 0 spiro atoms. The lowest BCUT2D eigenvalue weighted by atomic mass is 9.81. The summed E-state index contributed by atoms with van der Waals surface area (Å²) in [6.07, 6.45) is 5.40. The van der Waals surface area contributed by atoms with Crippen molar-refractivity contribution in [1.82, 2.24) is 25.0 Å². The normalized spacial score (nSPS) is 23.1. The van der Waals surface area contributed by atoms with Gasteiger partial charge in [0.15, 0.2) is 6.61 Å². The molecule has 3 heterocycles. The van der Waals surface area contributed by atoms with E-state index in [1.165, 1.54) is 0 Å². The van der Waals surface area contributed by atoms with E-state index in [1.54, 1.807) is 16.9 Å². The lowest BCUT2D eigenvalue weighted by molar-refractivity contribution is -0.121. The number of hydrogen-bond donors (Lipinski definition) is 1. The molecule has 1 fully saturated rings. The lowest BCUT2D eigenvalue weighted by Gasteiger charge is -2.35. The van der Waals surface area contributed by atoms with E-state index >= 15 is 4.39 Å². The van der Waals surface area contributed by atoms with Gasteiger partial charge in [-0.05, 0) is 49.7 Å². The molecule has 1 saturated carbocycles. The second kappa shape index (κ2) is 11.4. The first-order chi connectivity index (χ1) is 16.8. The van der Waals surface area contributed by atoms with Gasteiger partial charge in [-0.15, -0.1) is 0 Å². The molecule has 1 N–H and O–H groups in total. The van der Waals surface area contributed by atoms with E-state index in [9.17, 15) is 13.6 Å². The molecule has 4 rings (SSSR count). The van der Waals surface area contributed by atoms with E-state index in [1.807, 2.05) is 19.3 Å². The molecule has 0 aromatic carbocycles. The molecule has 7 nitrogen and oxygen atoms in total. The van der Waals surface area contributed by atoms with E-state index in [4.69, 9.17) is 4.74 Å². The van der Waals surface area contributed by atoms with Crippen molar-refractivity contribution in [2.45, 2.75) is 69.5 Å². The molecule has 0 radical (unpaired) electrons. The Morgan fingerprint density at radius 1 is 1.26 bits per heavy atom. The van der Waals surface area contributed by atoms with Crippen LogP contribution in [0.15, 0.2) is 24.5 Å². The topological polar surface area (TPSA) is 72.3 Å². The summed E-state index contributed by atoms with van der Waals surface area (Å²) in [5, 5.41) is 7.12. The molecule has 0 saturated heterocycles. The van der Waals surface area contributed by atoms with Crippen molar-refractivity contribution in [2.24, 2.45) is 7.05 Å². The van der Waals surface area contributed by atoms with Gasteiger partial charge in [-0.25, -0.2) is 18.2 Å². The number of ether oxygens (including phenoxy) is 1. The average Bonchev–Trinajstić information content (AvgIpc) is 3.12. The van der Waals surface area contributed by atoms with E-state index in [-0.39, 0.29) is 24.2 Å². The van der Waals surface area contributed by atoms with Crippen LogP contribution in [0.4, 0.5) is 13.2 Å². The Balaban J connectivity index is 1.19. The molecule has 2 aliphatic rings. The van der Waals surface area contributed by atoms with E-state index in [0.717, 1.165) is 36.3 Å². The summed E-state index contributed by atoms with van der Waals surface area (Å²) in [5.74, 6) is 0.180. The summed E-state index contributed by atoms with van der Waals surface area (Å²) in [5.41, 5.74) is 1.62. The highest BCUT2D eigenvalue weighted by Crippen LogP contribution is 2.35. The van der Waals surface area contributed by atoms with Crippen molar-refractivity contribution in [3.8, 4) is 5.88 Å². The van der Waals surface area contributed by atoms with Crippen LogP contribution in [0.1, 0.15) is 48.9 Å². The Kier molecular flexibility index (Phi) is 8.30. The van der Waals surface area contributed by atoms with Crippen LogP contribution >= 0.6 is 0 Å². The van der Waals surface area contributed by atoms with Gasteiger partial charge in [0.05, 0.1) is 12.6 Å². The van der Waals surface area contributed by atoms with Gasteiger partial charge >= 0.3 is 0 Å². The number of alkyl halides is 3. The summed E-state index contributed by atoms with van der Waals surface area (Å²) in [6.45, 7) is 1.57. The molecule has 1 amide bonds. The van der Waals surface area contributed by atoms with Gasteiger partial charge in [0.25, 0.3) is 6.43 Å². The summed E-state index contributed by atoms with van der Waals surface area (Å²) >= 11 is 0. The van der Waals surface area contributed by atoms with Gasteiger partial charge in [0.1, 0.15) is 5.67 Å². The first kappa shape index (κ1) is 25.5. The largest absolute Gasteiger partial charge is 0.472 e. The molecule has 192 valence electrons. The van der Waals surface area contributed by atoms with Crippen LogP contribution in [-0.4, -0.2) is 69.9 Å². The number of fused-ring (bicyclic) bond motifs is 1. The highest BCUT2D eigenvalue weighted by Gasteiger charge is 2.36. The van der Waals surface area contributed by atoms with Gasteiger partial charge in [-0.2, -0.15) is 5.10 Å². The highest BCUT2D eigenvalue weighted by molar-refractivity contribution is 5.78. The van der Waals surface area contributed by atoms with E-state index in [2.05, 4.69) is 20.3 Å². The zero-order valence-corrected chi connectivity index (χ0v) is 20.2. The molecule has 10 heteroatoms. The molecule has 2 aromatic heterocycles. The number of hydrogen-bond acceptors (Lipinski definition) is 5. The van der Waals surface area contributed by atoms with Crippen LogP contribution in [0.5, 0.6) is 5.88 Å². The Labute approximate surface area is 204 Å². The fraction of sp³-hybridized carbons (Fsp3) is 0.640. The SMILES string of the molecule is Cn1cc(CC(=O)NC2CCC(F)(CCN3CCc4ccc(OCC(F)F)nc4CC3)CC2)cn1. The predicted octanol–water partition coefficient (Wildman–Crippen LogP) is 3.26. The number of carbonyl (C=O) groups is 1. The predicted molar refractivity (Wildman–Crippen MR) is 125 cm³/mol. The number of pyridine rings is 1. The summed E-state index contributed by atoms with van der Waals surface area (Å²) in [6, 6.07) is 3.55. The van der Waals surface area contributed by atoms with Crippen molar-refractivity contribution < 1.29 is 22.7 Å². The zero-order chi connectivity index (χ0) is 24.8. The molecule has 35 heavy (non-hydrogen) atoms. The summed E-state index contributed by atoms with van der Waals surface area (Å²) in [4.78, 5) is 19.0. The third-order valence-electron chi connectivity index (χ3n) is 7.01. The van der Waals surface area contributed by atoms with Crippen LogP contribution in [0.2, 0.25) is 0 Å². The van der Waals surface area contributed by atoms with Crippen LogP contribution in [0.3, 0.4) is 0 Å². The third kappa shape index (κ3) is 7.43. The number of rotatable bonds is 9. The van der Waals surface area contributed by atoms with Gasteiger partial charge in [0, 0.05) is 57.1 Å². The zero-order valence-electron chi connectivity index (χ0n) is 20.2. The third-order valence-corrected chi connectivity index (χ3v) is 7.01. The van der Waals surface area contributed by atoms with Gasteiger partial charge in [0.2, 0.25) is 11.8 Å². The van der Waals surface area contributed by atoms with Crippen molar-refractivity contribution in [3.63, 3.8) is 0 Å². The number of aromatic nitrogens is 3. The molecule has 0 atom stereocenters. The number of amides is 1. The number of aryl methyl sites for hydroxylation is 1. The molecule has 2 aromatic rings. The van der Waals surface area contributed by atoms with Crippen LogP contribution in [0, 0.1) is 0 Å². The smallest absolute Gasteiger partial charge is 0.272 e. The molecule has 0 bridgehead atoms. The number of halogens is 3. The van der Waals surface area contributed by atoms with Crippen molar-refractivity contribution in [1.29, 1.82) is 0 Å². The second-order valence-electron chi connectivity index (χ2n) is 9.74. The fourth-order valence-electron chi connectivity index (χ4n) is 4.98. The number of nitrogens with one attached hydrogen (secondary N) is 1. The van der Waals surface area contributed by atoms with E-state index < -0.39 is 18.7 Å². The van der Waals surface area contributed by atoms with Crippen molar-refractivity contribution >= 4 is 5.91 Å². The maximum atomic E-state index is 15.5. The highest BCUT2D eigenvalue weighted by atomic mass is 19.3. The average molecular weight is 494 g/mol. The fourth-order valence-corrected chi connectivity index (χ4v) is 4.98. The minimum Gasteiger partial charge on any atom is -0.472 e. The van der Waals surface area contributed by atoms with Crippen LogP contribution < -0.4 is 10.1 Å². The summed E-state index contributed by atoms with van der Waals surface area (Å²) in [7, 11) is 1.82. The number of carbonyl (C=O) groups excluding carboxylic acids is 1. The molecular weight excluding hydrogens is 459 g/mol. The molecular formula is C25H34F3N5O2. The molecule has 1 aliphatic carbocycles. The summed E-state index contributed by atoms with van der Waals surface area (Å²) < 4.78 is 47.0.